The molecule has 2 aromatic heterocycles. The standard InChI is InChI=1S/C18H12F3N3O2S/c19-18(20,21)15-7-6-13(10-22-15)24-16(25)11-3-1-4-12(9-11)23-17(26)14-5-2-8-27-14/h1-10H,(H,23,26)(H,24,25). The third kappa shape index (κ3) is 4.70. The number of hydrogen-bond acceptors (Lipinski definition) is 4. The first-order chi connectivity index (χ1) is 12.8. The summed E-state index contributed by atoms with van der Waals surface area (Å²) in [7, 11) is 0. The van der Waals surface area contributed by atoms with Crippen molar-refractivity contribution in [1.82, 2.24) is 4.98 Å². The molecule has 27 heavy (non-hydrogen) atoms. The van der Waals surface area contributed by atoms with Crippen LogP contribution in [0.1, 0.15) is 25.7 Å². The van der Waals surface area contributed by atoms with E-state index >= 15 is 0 Å². The molecule has 0 saturated carbocycles. The van der Waals surface area contributed by atoms with E-state index in [0.717, 1.165) is 18.3 Å². The first kappa shape index (κ1) is 18.6. The van der Waals surface area contributed by atoms with Crippen LogP contribution in [0.4, 0.5) is 24.5 Å². The van der Waals surface area contributed by atoms with Gasteiger partial charge in [-0.3, -0.25) is 9.59 Å². The summed E-state index contributed by atoms with van der Waals surface area (Å²) in [5.41, 5.74) is -0.259. The van der Waals surface area contributed by atoms with Crippen molar-refractivity contribution < 1.29 is 22.8 Å². The number of carbonyl (C=O) groups is 2. The number of pyridine rings is 1. The quantitative estimate of drug-likeness (QED) is 0.679. The van der Waals surface area contributed by atoms with E-state index in [9.17, 15) is 22.8 Å². The normalized spacial score (nSPS) is 11.1. The molecule has 2 heterocycles. The van der Waals surface area contributed by atoms with Crippen molar-refractivity contribution in [2.75, 3.05) is 10.6 Å². The summed E-state index contributed by atoms with van der Waals surface area (Å²) in [6, 6.07) is 11.5. The maximum atomic E-state index is 12.5. The molecule has 0 bridgehead atoms. The van der Waals surface area contributed by atoms with Crippen LogP contribution in [0.25, 0.3) is 0 Å². The van der Waals surface area contributed by atoms with Crippen LogP contribution in [0.2, 0.25) is 0 Å². The molecule has 0 saturated heterocycles. The van der Waals surface area contributed by atoms with Gasteiger partial charge in [-0.25, -0.2) is 4.98 Å². The second-order valence-corrected chi connectivity index (χ2v) is 6.34. The SMILES string of the molecule is O=C(Nc1ccc(C(F)(F)F)nc1)c1cccc(NC(=O)c2cccs2)c1. The summed E-state index contributed by atoms with van der Waals surface area (Å²) in [6.45, 7) is 0. The molecule has 9 heteroatoms. The van der Waals surface area contributed by atoms with Gasteiger partial charge in [0.15, 0.2) is 0 Å². The minimum Gasteiger partial charge on any atom is -0.321 e. The van der Waals surface area contributed by atoms with E-state index in [1.807, 2.05) is 0 Å². The van der Waals surface area contributed by atoms with Gasteiger partial charge in [0.2, 0.25) is 0 Å². The van der Waals surface area contributed by atoms with Gasteiger partial charge in [0.05, 0.1) is 16.8 Å². The molecule has 3 aromatic rings. The van der Waals surface area contributed by atoms with E-state index in [1.54, 1.807) is 29.6 Å². The summed E-state index contributed by atoms with van der Waals surface area (Å²) in [4.78, 5) is 28.2. The van der Waals surface area contributed by atoms with Crippen LogP contribution in [0.15, 0.2) is 60.1 Å². The van der Waals surface area contributed by atoms with Gasteiger partial charge in [0.1, 0.15) is 5.69 Å². The van der Waals surface area contributed by atoms with Crippen molar-refractivity contribution in [1.29, 1.82) is 0 Å². The summed E-state index contributed by atoms with van der Waals surface area (Å²) in [5, 5.41) is 6.92. The number of thiophene rings is 1. The number of alkyl halides is 3. The zero-order chi connectivity index (χ0) is 19.4. The number of nitrogens with one attached hydrogen (secondary N) is 2. The van der Waals surface area contributed by atoms with Gasteiger partial charge in [-0.05, 0) is 41.8 Å². The van der Waals surface area contributed by atoms with Gasteiger partial charge >= 0.3 is 6.18 Å². The van der Waals surface area contributed by atoms with E-state index in [0.29, 0.717) is 10.6 Å². The number of nitrogens with zero attached hydrogens (tertiary/aromatic N) is 1. The third-order valence-electron chi connectivity index (χ3n) is 3.44. The van der Waals surface area contributed by atoms with E-state index < -0.39 is 17.8 Å². The van der Waals surface area contributed by atoms with Crippen molar-refractivity contribution in [3.8, 4) is 0 Å². The van der Waals surface area contributed by atoms with Crippen LogP contribution in [0.5, 0.6) is 0 Å². The van der Waals surface area contributed by atoms with Crippen molar-refractivity contribution in [2.24, 2.45) is 0 Å². The molecule has 0 aliphatic carbocycles. The van der Waals surface area contributed by atoms with Crippen molar-refractivity contribution in [3.05, 3.63) is 76.2 Å². The number of anilines is 2. The highest BCUT2D eigenvalue weighted by molar-refractivity contribution is 7.12. The van der Waals surface area contributed by atoms with Crippen LogP contribution in [-0.4, -0.2) is 16.8 Å². The monoisotopic (exact) mass is 391 g/mol. The highest BCUT2D eigenvalue weighted by Gasteiger charge is 2.32. The Morgan fingerprint density at radius 1 is 0.926 bits per heavy atom. The molecule has 0 aliphatic heterocycles. The number of amides is 2. The van der Waals surface area contributed by atoms with Crippen molar-refractivity contribution in [2.45, 2.75) is 6.18 Å². The Morgan fingerprint density at radius 2 is 1.70 bits per heavy atom. The Balaban J connectivity index is 1.69. The van der Waals surface area contributed by atoms with Gasteiger partial charge in [-0.1, -0.05) is 12.1 Å². The molecule has 5 nitrogen and oxygen atoms in total. The van der Waals surface area contributed by atoms with Crippen LogP contribution < -0.4 is 10.6 Å². The molecule has 3 rings (SSSR count). The fraction of sp³-hybridized carbons (Fsp3) is 0.0556. The molecule has 0 fully saturated rings. The largest absolute Gasteiger partial charge is 0.433 e. The molecule has 0 radical (unpaired) electrons. The van der Waals surface area contributed by atoms with Crippen LogP contribution in [0.3, 0.4) is 0 Å². The van der Waals surface area contributed by atoms with Gasteiger partial charge in [0.25, 0.3) is 11.8 Å². The summed E-state index contributed by atoms with van der Waals surface area (Å²) in [6.07, 6.45) is -3.61. The Morgan fingerprint density at radius 3 is 2.33 bits per heavy atom. The van der Waals surface area contributed by atoms with E-state index in [2.05, 4.69) is 15.6 Å². The fourth-order valence-corrected chi connectivity index (χ4v) is 2.80. The first-order valence-electron chi connectivity index (χ1n) is 7.62. The van der Waals surface area contributed by atoms with Crippen LogP contribution >= 0.6 is 11.3 Å². The van der Waals surface area contributed by atoms with Gasteiger partial charge in [-0.15, -0.1) is 11.3 Å². The Labute approximate surface area is 155 Å². The number of halogens is 3. The highest BCUT2D eigenvalue weighted by atomic mass is 32.1. The second-order valence-electron chi connectivity index (χ2n) is 5.40. The number of rotatable bonds is 4. The molecule has 0 atom stereocenters. The Bertz CT molecular complexity index is 955. The molecule has 138 valence electrons. The molecule has 1 aromatic carbocycles. The minimum atomic E-state index is -4.54. The average Bonchev–Trinajstić information content (AvgIpc) is 3.16. The Kier molecular flexibility index (Phi) is 5.22. The lowest BCUT2D eigenvalue weighted by atomic mass is 10.2. The molecule has 2 N–H and O–H groups in total. The van der Waals surface area contributed by atoms with E-state index in [1.165, 1.54) is 23.5 Å². The zero-order valence-corrected chi connectivity index (χ0v) is 14.4. The fourth-order valence-electron chi connectivity index (χ4n) is 2.18. The molecule has 0 unspecified atom stereocenters. The minimum absolute atomic E-state index is 0.126. The zero-order valence-electron chi connectivity index (χ0n) is 13.6. The molecule has 0 aliphatic rings. The van der Waals surface area contributed by atoms with Gasteiger partial charge in [-0.2, -0.15) is 13.2 Å². The number of hydrogen-bond donors (Lipinski definition) is 2. The lowest BCUT2D eigenvalue weighted by molar-refractivity contribution is -0.141. The Hall–Kier alpha value is -3.20. The number of aromatic nitrogens is 1. The summed E-state index contributed by atoms with van der Waals surface area (Å²) in [5.74, 6) is -0.835. The molecule has 2 amide bonds. The van der Waals surface area contributed by atoms with Crippen LogP contribution in [-0.2, 0) is 6.18 Å². The second kappa shape index (κ2) is 7.58. The molecular weight excluding hydrogens is 379 g/mol. The number of carbonyl (C=O) groups excluding carboxylic acids is 2. The summed E-state index contributed by atoms with van der Waals surface area (Å²) < 4.78 is 37.5. The summed E-state index contributed by atoms with van der Waals surface area (Å²) >= 11 is 1.29. The van der Waals surface area contributed by atoms with Crippen LogP contribution in [0, 0.1) is 0 Å². The van der Waals surface area contributed by atoms with Gasteiger partial charge in [0, 0.05) is 11.3 Å². The van der Waals surface area contributed by atoms with Gasteiger partial charge < -0.3 is 10.6 Å². The average molecular weight is 391 g/mol. The smallest absolute Gasteiger partial charge is 0.321 e. The lowest BCUT2D eigenvalue weighted by Crippen LogP contribution is -2.15. The molecule has 0 spiro atoms. The lowest BCUT2D eigenvalue weighted by Gasteiger charge is -2.09. The predicted octanol–water partition coefficient (Wildman–Crippen LogP) is 4.67. The third-order valence-corrected chi connectivity index (χ3v) is 4.31. The van der Waals surface area contributed by atoms with E-state index in [-0.39, 0.29) is 17.2 Å². The first-order valence-corrected chi connectivity index (χ1v) is 8.50. The van der Waals surface area contributed by atoms with Crippen molar-refractivity contribution >= 4 is 34.5 Å². The highest BCUT2D eigenvalue weighted by Crippen LogP contribution is 2.27. The maximum absolute atomic E-state index is 12.5. The maximum Gasteiger partial charge on any atom is 0.433 e. The van der Waals surface area contributed by atoms with E-state index in [4.69, 9.17) is 0 Å². The van der Waals surface area contributed by atoms with Crippen molar-refractivity contribution in [3.63, 3.8) is 0 Å². The topological polar surface area (TPSA) is 71.1 Å². The number of benzene rings is 1. The molecular formula is C18H12F3N3O2S. The predicted molar refractivity (Wildman–Crippen MR) is 95.9 cm³/mol.